The average molecular weight is 242 g/mol. The molecule has 0 spiro atoms. The van der Waals surface area contributed by atoms with Gasteiger partial charge in [0.2, 0.25) is 5.91 Å². The van der Waals surface area contributed by atoms with Crippen molar-refractivity contribution < 1.29 is 9.53 Å². The summed E-state index contributed by atoms with van der Waals surface area (Å²) >= 11 is 5.43. The van der Waals surface area contributed by atoms with E-state index >= 15 is 0 Å². The second-order valence-corrected chi connectivity index (χ2v) is 3.70. The predicted octanol–water partition coefficient (Wildman–Crippen LogP) is 2.50. The van der Waals surface area contributed by atoms with Crippen LogP contribution in [0.5, 0.6) is 5.75 Å². The molecule has 0 saturated carbocycles. The molecule has 1 atom stereocenters. The Hall–Kier alpha value is -1.22. The van der Waals surface area contributed by atoms with E-state index in [0.29, 0.717) is 6.61 Å². The normalized spacial score (nSPS) is 11.9. The van der Waals surface area contributed by atoms with E-state index in [0.717, 1.165) is 11.3 Å². The quantitative estimate of drug-likeness (QED) is 0.805. The predicted molar refractivity (Wildman–Crippen MR) is 64.9 cm³/mol. The first kappa shape index (κ1) is 12.8. The fraction of sp³-hybridized carbons (Fsp3) is 0.417. The van der Waals surface area contributed by atoms with Gasteiger partial charge in [-0.1, -0.05) is 12.1 Å². The molecule has 88 valence electrons. The fourth-order valence-corrected chi connectivity index (χ4v) is 1.48. The molecule has 1 N–H and O–H groups in total. The van der Waals surface area contributed by atoms with Crippen LogP contribution in [0.2, 0.25) is 0 Å². The van der Waals surface area contributed by atoms with Crippen molar-refractivity contribution in [3.8, 4) is 5.75 Å². The lowest BCUT2D eigenvalue weighted by Crippen LogP contribution is -2.27. The third kappa shape index (κ3) is 3.74. The molecule has 16 heavy (non-hydrogen) atoms. The highest BCUT2D eigenvalue weighted by molar-refractivity contribution is 6.27. The summed E-state index contributed by atoms with van der Waals surface area (Å²) < 4.78 is 5.39. The monoisotopic (exact) mass is 241 g/mol. The Morgan fingerprint density at radius 2 is 2.31 bits per heavy atom. The second-order valence-electron chi connectivity index (χ2n) is 3.43. The van der Waals surface area contributed by atoms with Gasteiger partial charge in [0.25, 0.3) is 0 Å². The summed E-state index contributed by atoms with van der Waals surface area (Å²) in [5, 5.41) is 2.79. The number of carbonyl (C=O) groups excluding carboxylic acids is 1. The lowest BCUT2D eigenvalue weighted by Gasteiger charge is -2.14. The zero-order valence-corrected chi connectivity index (χ0v) is 10.3. The van der Waals surface area contributed by atoms with E-state index in [9.17, 15) is 4.79 Å². The maximum Gasteiger partial charge on any atom is 0.235 e. The third-order valence-electron chi connectivity index (χ3n) is 2.17. The van der Waals surface area contributed by atoms with Crippen LogP contribution in [0.25, 0.3) is 0 Å². The van der Waals surface area contributed by atoms with Gasteiger partial charge in [-0.2, -0.15) is 0 Å². The van der Waals surface area contributed by atoms with Crippen molar-refractivity contribution in [3.63, 3.8) is 0 Å². The Kier molecular flexibility index (Phi) is 5.12. The SMILES string of the molecule is CCOc1cccc([C@H](C)NC(=O)CCl)c1. The molecule has 3 nitrogen and oxygen atoms in total. The van der Waals surface area contributed by atoms with Crippen LogP contribution in [0.3, 0.4) is 0 Å². The Morgan fingerprint density at radius 1 is 1.56 bits per heavy atom. The van der Waals surface area contributed by atoms with Crippen molar-refractivity contribution in [1.29, 1.82) is 0 Å². The zero-order valence-electron chi connectivity index (χ0n) is 9.50. The van der Waals surface area contributed by atoms with Gasteiger partial charge in [-0.25, -0.2) is 0 Å². The summed E-state index contributed by atoms with van der Waals surface area (Å²) in [5.74, 6) is 0.623. The lowest BCUT2D eigenvalue weighted by atomic mass is 10.1. The molecule has 0 aromatic heterocycles. The highest BCUT2D eigenvalue weighted by Gasteiger charge is 2.08. The standard InChI is InChI=1S/C12H16ClNO2/c1-3-16-11-6-4-5-10(7-11)9(2)14-12(15)8-13/h4-7,9H,3,8H2,1-2H3,(H,14,15)/t9-/m0/s1. The molecule has 0 unspecified atom stereocenters. The van der Waals surface area contributed by atoms with E-state index < -0.39 is 0 Å². The van der Waals surface area contributed by atoms with E-state index in [-0.39, 0.29) is 17.8 Å². The third-order valence-corrected chi connectivity index (χ3v) is 2.41. The topological polar surface area (TPSA) is 38.3 Å². The minimum Gasteiger partial charge on any atom is -0.494 e. The van der Waals surface area contributed by atoms with Crippen LogP contribution in [0.1, 0.15) is 25.5 Å². The van der Waals surface area contributed by atoms with Gasteiger partial charge in [0, 0.05) is 0 Å². The van der Waals surface area contributed by atoms with Gasteiger partial charge < -0.3 is 10.1 Å². The van der Waals surface area contributed by atoms with Gasteiger partial charge in [-0.05, 0) is 31.5 Å². The average Bonchev–Trinajstić information content (AvgIpc) is 2.29. The van der Waals surface area contributed by atoms with Crippen LogP contribution in [-0.2, 0) is 4.79 Å². The van der Waals surface area contributed by atoms with Crippen LogP contribution in [0, 0.1) is 0 Å². The molecule has 0 aliphatic rings. The molecule has 0 heterocycles. The first-order chi connectivity index (χ1) is 7.67. The molecule has 0 aliphatic carbocycles. The van der Waals surface area contributed by atoms with Crippen molar-refractivity contribution in [2.45, 2.75) is 19.9 Å². The molecule has 4 heteroatoms. The molecule has 0 saturated heterocycles. The summed E-state index contributed by atoms with van der Waals surface area (Å²) in [7, 11) is 0. The number of hydrogen-bond donors (Lipinski definition) is 1. The van der Waals surface area contributed by atoms with Crippen LogP contribution in [0.4, 0.5) is 0 Å². The summed E-state index contributed by atoms with van der Waals surface area (Å²) in [6.45, 7) is 4.48. The van der Waals surface area contributed by atoms with Crippen molar-refractivity contribution in [1.82, 2.24) is 5.32 Å². The second kappa shape index (κ2) is 6.38. The van der Waals surface area contributed by atoms with Gasteiger partial charge >= 0.3 is 0 Å². The smallest absolute Gasteiger partial charge is 0.235 e. The van der Waals surface area contributed by atoms with Gasteiger partial charge in [-0.3, -0.25) is 4.79 Å². The van der Waals surface area contributed by atoms with Crippen LogP contribution >= 0.6 is 11.6 Å². The van der Waals surface area contributed by atoms with Crippen LogP contribution in [-0.4, -0.2) is 18.4 Å². The Labute approximate surface area is 101 Å². The summed E-state index contributed by atoms with van der Waals surface area (Å²) in [4.78, 5) is 11.1. The molecule has 1 amide bonds. The number of halogens is 1. The molecular formula is C12H16ClNO2. The van der Waals surface area contributed by atoms with Crippen molar-refractivity contribution >= 4 is 17.5 Å². The van der Waals surface area contributed by atoms with E-state index in [1.807, 2.05) is 38.1 Å². The molecule has 0 radical (unpaired) electrons. The summed E-state index contributed by atoms with van der Waals surface area (Å²) in [6, 6.07) is 7.60. The van der Waals surface area contributed by atoms with E-state index in [2.05, 4.69) is 5.32 Å². The number of alkyl halides is 1. The number of nitrogens with one attached hydrogen (secondary N) is 1. The molecule has 1 aromatic carbocycles. The van der Waals surface area contributed by atoms with E-state index in [1.165, 1.54) is 0 Å². The molecule has 0 aliphatic heterocycles. The Morgan fingerprint density at radius 3 is 2.94 bits per heavy atom. The molecule has 0 bridgehead atoms. The van der Waals surface area contributed by atoms with Gasteiger partial charge in [0.05, 0.1) is 12.6 Å². The first-order valence-electron chi connectivity index (χ1n) is 5.25. The molecule has 1 rings (SSSR count). The van der Waals surface area contributed by atoms with E-state index in [1.54, 1.807) is 0 Å². The first-order valence-corrected chi connectivity index (χ1v) is 5.79. The number of amides is 1. The fourth-order valence-electron chi connectivity index (χ4n) is 1.40. The van der Waals surface area contributed by atoms with Crippen LogP contribution in [0.15, 0.2) is 24.3 Å². The Balaban J connectivity index is 2.71. The van der Waals surface area contributed by atoms with Crippen LogP contribution < -0.4 is 10.1 Å². The van der Waals surface area contributed by atoms with Crippen molar-refractivity contribution in [2.24, 2.45) is 0 Å². The van der Waals surface area contributed by atoms with Gasteiger partial charge in [-0.15, -0.1) is 11.6 Å². The number of hydrogen-bond acceptors (Lipinski definition) is 2. The minimum atomic E-state index is -0.170. The Bertz CT molecular complexity index is 355. The molecule has 0 fully saturated rings. The van der Waals surface area contributed by atoms with Crippen molar-refractivity contribution in [3.05, 3.63) is 29.8 Å². The van der Waals surface area contributed by atoms with Gasteiger partial charge in [0.1, 0.15) is 11.6 Å². The number of ether oxygens (including phenoxy) is 1. The maximum atomic E-state index is 11.1. The lowest BCUT2D eigenvalue weighted by molar-refractivity contribution is -0.119. The molecular weight excluding hydrogens is 226 g/mol. The zero-order chi connectivity index (χ0) is 12.0. The highest BCUT2D eigenvalue weighted by Crippen LogP contribution is 2.18. The summed E-state index contributed by atoms with van der Waals surface area (Å²) in [6.07, 6.45) is 0. The number of rotatable bonds is 5. The summed E-state index contributed by atoms with van der Waals surface area (Å²) in [5.41, 5.74) is 1.00. The molecule has 1 aromatic rings. The van der Waals surface area contributed by atoms with Gasteiger partial charge in [0.15, 0.2) is 0 Å². The van der Waals surface area contributed by atoms with E-state index in [4.69, 9.17) is 16.3 Å². The number of carbonyl (C=O) groups is 1. The largest absolute Gasteiger partial charge is 0.494 e. The number of benzene rings is 1. The maximum absolute atomic E-state index is 11.1. The van der Waals surface area contributed by atoms with Crippen molar-refractivity contribution in [2.75, 3.05) is 12.5 Å². The highest BCUT2D eigenvalue weighted by atomic mass is 35.5. The minimum absolute atomic E-state index is 0.0184.